The largest absolute Gasteiger partial charge is 0.497 e. The first-order valence-corrected chi connectivity index (χ1v) is 10.1. The fraction of sp³-hybridized carbons (Fsp3) is 0.368. The van der Waals surface area contributed by atoms with Crippen molar-refractivity contribution in [2.75, 3.05) is 7.11 Å². The molecule has 1 aromatic carbocycles. The number of aryl methyl sites for hydroxylation is 3. The van der Waals surface area contributed by atoms with E-state index in [-0.39, 0.29) is 0 Å². The van der Waals surface area contributed by atoms with Gasteiger partial charge in [0.2, 0.25) is 0 Å². The normalized spacial score (nSPS) is 13.9. The van der Waals surface area contributed by atoms with Crippen molar-refractivity contribution in [3.05, 3.63) is 46.1 Å². The molecule has 0 radical (unpaired) electrons. The third-order valence-electron chi connectivity index (χ3n) is 4.43. The topological polar surface area (TPSA) is 35.0 Å². The van der Waals surface area contributed by atoms with Crippen LogP contribution >= 0.6 is 23.1 Å². The highest BCUT2D eigenvalue weighted by Crippen LogP contribution is 2.40. The van der Waals surface area contributed by atoms with E-state index in [2.05, 4.69) is 12.1 Å². The predicted molar refractivity (Wildman–Crippen MR) is 101 cm³/mol. The summed E-state index contributed by atoms with van der Waals surface area (Å²) >= 11 is 3.70. The number of aromatic nitrogens is 2. The molecular formula is C19H20N2OS2. The number of rotatable bonds is 4. The van der Waals surface area contributed by atoms with Gasteiger partial charge in [-0.1, -0.05) is 12.1 Å². The van der Waals surface area contributed by atoms with Crippen LogP contribution in [0, 0.1) is 6.92 Å². The molecule has 0 atom stereocenters. The molecule has 5 heteroatoms. The van der Waals surface area contributed by atoms with Crippen molar-refractivity contribution >= 4 is 33.3 Å². The van der Waals surface area contributed by atoms with E-state index in [1.54, 1.807) is 7.11 Å². The quantitative estimate of drug-likeness (QED) is 0.476. The first-order valence-electron chi connectivity index (χ1n) is 8.29. The number of thiophene rings is 1. The van der Waals surface area contributed by atoms with Crippen LogP contribution in [-0.4, -0.2) is 17.1 Å². The predicted octanol–water partition coefficient (Wildman–Crippen LogP) is 5.18. The Morgan fingerprint density at radius 3 is 2.71 bits per heavy atom. The molecule has 4 rings (SSSR count). The van der Waals surface area contributed by atoms with Crippen LogP contribution in [0.15, 0.2) is 29.3 Å². The third-order valence-corrected chi connectivity index (χ3v) is 6.66. The van der Waals surface area contributed by atoms with Gasteiger partial charge in [0.1, 0.15) is 21.4 Å². The van der Waals surface area contributed by atoms with Crippen molar-refractivity contribution in [3.8, 4) is 5.75 Å². The van der Waals surface area contributed by atoms with E-state index in [0.717, 1.165) is 22.4 Å². The summed E-state index contributed by atoms with van der Waals surface area (Å²) in [5, 5.41) is 2.46. The van der Waals surface area contributed by atoms with Crippen LogP contribution in [0.4, 0.5) is 0 Å². The number of nitrogens with zero attached hydrogens (tertiary/aromatic N) is 2. The summed E-state index contributed by atoms with van der Waals surface area (Å²) < 4.78 is 5.23. The van der Waals surface area contributed by atoms with Gasteiger partial charge in [-0.25, -0.2) is 9.97 Å². The van der Waals surface area contributed by atoms with Gasteiger partial charge in [-0.3, -0.25) is 0 Å². The van der Waals surface area contributed by atoms with Gasteiger partial charge in [0.25, 0.3) is 0 Å². The first kappa shape index (κ1) is 15.9. The Labute approximate surface area is 150 Å². The van der Waals surface area contributed by atoms with Gasteiger partial charge in [0, 0.05) is 16.0 Å². The zero-order valence-electron chi connectivity index (χ0n) is 14.0. The van der Waals surface area contributed by atoms with Crippen molar-refractivity contribution < 1.29 is 4.74 Å². The maximum Gasteiger partial charge on any atom is 0.128 e. The van der Waals surface area contributed by atoms with Crippen molar-refractivity contribution in [2.24, 2.45) is 0 Å². The summed E-state index contributed by atoms with van der Waals surface area (Å²) in [7, 11) is 1.70. The van der Waals surface area contributed by atoms with Gasteiger partial charge in [-0.05, 0) is 55.9 Å². The molecule has 1 aliphatic carbocycles. The molecular weight excluding hydrogens is 336 g/mol. The summed E-state index contributed by atoms with van der Waals surface area (Å²) in [4.78, 5) is 12.2. The molecule has 1 aliphatic rings. The molecule has 0 bridgehead atoms. The molecule has 24 heavy (non-hydrogen) atoms. The Balaban J connectivity index is 1.66. The number of hydrogen-bond donors (Lipinski definition) is 0. The van der Waals surface area contributed by atoms with E-state index in [0.29, 0.717) is 0 Å². The Bertz CT molecular complexity index is 871. The number of fused-ring (bicyclic) bond motifs is 3. The fourth-order valence-electron chi connectivity index (χ4n) is 3.20. The second-order valence-electron chi connectivity index (χ2n) is 6.10. The highest BCUT2D eigenvalue weighted by atomic mass is 32.2. The van der Waals surface area contributed by atoms with Crippen LogP contribution in [0.25, 0.3) is 10.2 Å². The van der Waals surface area contributed by atoms with E-state index in [1.165, 1.54) is 51.9 Å². The summed E-state index contributed by atoms with van der Waals surface area (Å²) in [5.74, 6) is 2.69. The first-order chi connectivity index (χ1) is 11.7. The number of methoxy groups -OCH3 is 1. The van der Waals surface area contributed by atoms with E-state index in [9.17, 15) is 0 Å². The summed E-state index contributed by atoms with van der Waals surface area (Å²) in [6, 6.07) is 8.28. The average Bonchev–Trinajstić information content (AvgIpc) is 2.98. The Kier molecular flexibility index (Phi) is 4.46. The number of hydrogen-bond acceptors (Lipinski definition) is 5. The molecule has 0 saturated carbocycles. The van der Waals surface area contributed by atoms with Crippen LogP contribution in [0.5, 0.6) is 5.75 Å². The van der Waals surface area contributed by atoms with E-state index in [4.69, 9.17) is 14.7 Å². The molecule has 3 nitrogen and oxygen atoms in total. The summed E-state index contributed by atoms with van der Waals surface area (Å²) in [6.07, 6.45) is 4.98. The molecule has 0 amide bonds. The number of ether oxygens (including phenoxy) is 1. The maximum atomic E-state index is 5.23. The molecule has 0 aliphatic heterocycles. The van der Waals surface area contributed by atoms with Gasteiger partial charge in [-0.15, -0.1) is 23.1 Å². The van der Waals surface area contributed by atoms with Crippen LogP contribution in [-0.2, 0) is 18.6 Å². The fourth-order valence-corrected chi connectivity index (χ4v) is 5.63. The standard InChI is InChI=1S/C19H20N2OS2/c1-12-20-18(23-11-13-7-9-14(22-2)10-8-13)17-15-5-3-4-6-16(15)24-19(17)21-12/h7-10H,3-6,11H2,1-2H3. The van der Waals surface area contributed by atoms with E-state index >= 15 is 0 Å². The van der Waals surface area contributed by atoms with Gasteiger partial charge in [0.05, 0.1) is 7.11 Å². The van der Waals surface area contributed by atoms with E-state index < -0.39 is 0 Å². The van der Waals surface area contributed by atoms with Crippen LogP contribution in [0.3, 0.4) is 0 Å². The smallest absolute Gasteiger partial charge is 0.128 e. The van der Waals surface area contributed by atoms with Crippen molar-refractivity contribution in [3.63, 3.8) is 0 Å². The third kappa shape index (κ3) is 3.03. The second kappa shape index (κ2) is 6.73. The molecule has 0 unspecified atom stereocenters. The zero-order valence-corrected chi connectivity index (χ0v) is 15.6. The SMILES string of the molecule is COc1ccc(CSc2nc(C)nc3sc4c(c23)CCCC4)cc1. The molecule has 124 valence electrons. The molecule has 2 heterocycles. The van der Waals surface area contributed by atoms with Crippen molar-refractivity contribution in [1.29, 1.82) is 0 Å². The zero-order chi connectivity index (χ0) is 16.5. The van der Waals surface area contributed by atoms with E-state index in [1.807, 2.05) is 42.2 Å². The second-order valence-corrected chi connectivity index (χ2v) is 8.15. The molecule has 0 N–H and O–H groups in total. The lowest BCUT2D eigenvalue weighted by Crippen LogP contribution is -1.99. The van der Waals surface area contributed by atoms with Gasteiger partial charge < -0.3 is 4.74 Å². The highest BCUT2D eigenvalue weighted by Gasteiger charge is 2.20. The Morgan fingerprint density at radius 1 is 1.12 bits per heavy atom. The summed E-state index contributed by atoms with van der Waals surface area (Å²) in [5.41, 5.74) is 2.80. The summed E-state index contributed by atoms with van der Waals surface area (Å²) in [6.45, 7) is 2.00. The highest BCUT2D eigenvalue weighted by molar-refractivity contribution is 7.98. The van der Waals surface area contributed by atoms with Gasteiger partial charge >= 0.3 is 0 Å². The van der Waals surface area contributed by atoms with Gasteiger partial charge in [-0.2, -0.15) is 0 Å². The molecule has 0 fully saturated rings. The van der Waals surface area contributed by atoms with Crippen LogP contribution in [0.2, 0.25) is 0 Å². The lowest BCUT2D eigenvalue weighted by Gasteiger charge is -2.12. The Morgan fingerprint density at radius 2 is 1.92 bits per heavy atom. The lowest BCUT2D eigenvalue weighted by atomic mass is 9.97. The number of benzene rings is 1. The Hall–Kier alpha value is -1.59. The molecule has 3 aromatic rings. The lowest BCUT2D eigenvalue weighted by molar-refractivity contribution is 0.414. The van der Waals surface area contributed by atoms with Crippen LogP contribution < -0.4 is 4.74 Å². The van der Waals surface area contributed by atoms with Crippen LogP contribution in [0.1, 0.15) is 34.7 Å². The molecule has 0 spiro atoms. The minimum absolute atomic E-state index is 0.873. The minimum atomic E-state index is 0.873. The van der Waals surface area contributed by atoms with Gasteiger partial charge in [0.15, 0.2) is 0 Å². The average molecular weight is 357 g/mol. The number of thioether (sulfide) groups is 1. The molecule has 0 saturated heterocycles. The van der Waals surface area contributed by atoms with Crippen molar-refractivity contribution in [1.82, 2.24) is 9.97 Å². The monoisotopic (exact) mass is 356 g/mol. The molecule has 2 aromatic heterocycles. The minimum Gasteiger partial charge on any atom is -0.497 e. The van der Waals surface area contributed by atoms with Crippen molar-refractivity contribution in [2.45, 2.75) is 43.4 Å². The maximum absolute atomic E-state index is 5.23.